The number of carbonyl (C=O) groups is 1. The van der Waals surface area contributed by atoms with E-state index in [0.717, 1.165) is 50.7 Å². The first-order chi connectivity index (χ1) is 10.7. The van der Waals surface area contributed by atoms with Crippen LogP contribution in [0, 0.1) is 5.92 Å². The molecule has 22 heavy (non-hydrogen) atoms. The molecule has 1 N–H and O–H groups in total. The van der Waals surface area contributed by atoms with Gasteiger partial charge in [-0.3, -0.25) is 9.69 Å². The summed E-state index contributed by atoms with van der Waals surface area (Å²) in [5, 5.41) is 4.09. The number of piperidine rings is 1. The van der Waals surface area contributed by atoms with Gasteiger partial charge in [-0.15, -0.1) is 0 Å². The number of carbonyl (C=O) groups excluding carboxylic acids is 1. The van der Waals surface area contributed by atoms with E-state index >= 15 is 0 Å². The Labute approximate surface area is 137 Å². The van der Waals surface area contributed by atoms with Crippen LogP contribution in [0.4, 0.5) is 0 Å². The smallest absolute Gasteiger partial charge is 0.253 e. The molecule has 2 aliphatic heterocycles. The van der Waals surface area contributed by atoms with E-state index in [0.29, 0.717) is 5.02 Å². The fourth-order valence-electron chi connectivity index (χ4n) is 3.34. The molecule has 0 aliphatic carbocycles. The lowest BCUT2D eigenvalue weighted by atomic mass is 9.97. The predicted molar refractivity (Wildman–Crippen MR) is 89.4 cm³/mol. The normalized spacial score (nSPS) is 21.0. The maximum atomic E-state index is 12.5. The first kappa shape index (κ1) is 15.8. The molecule has 5 heteroatoms. The number of hydrogen-bond acceptors (Lipinski definition) is 3. The first-order valence-electron chi connectivity index (χ1n) is 8.20. The van der Waals surface area contributed by atoms with Crippen molar-refractivity contribution in [2.45, 2.75) is 12.8 Å². The van der Waals surface area contributed by atoms with Gasteiger partial charge in [0.15, 0.2) is 0 Å². The monoisotopic (exact) mass is 321 g/mol. The molecule has 1 aromatic rings. The number of nitrogens with one attached hydrogen (secondary N) is 1. The van der Waals surface area contributed by atoms with Gasteiger partial charge in [-0.2, -0.15) is 0 Å². The highest BCUT2D eigenvalue weighted by Gasteiger charge is 2.24. The Hall–Kier alpha value is -1.10. The van der Waals surface area contributed by atoms with E-state index in [4.69, 9.17) is 11.6 Å². The zero-order valence-electron chi connectivity index (χ0n) is 12.9. The molecular weight excluding hydrogens is 298 g/mol. The van der Waals surface area contributed by atoms with Gasteiger partial charge in [0.2, 0.25) is 0 Å². The van der Waals surface area contributed by atoms with Crippen LogP contribution in [0.1, 0.15) is 23.2 Å². The van der Waals surface area contributed by atoms with Crippen molar-refractivity contribution in [3.8, 4) is 0 Å². The predicted octanol–water partition coefficient (Wildman–Crippen LogP) is 2.10. The summed E-state index contributed by atoms with van der Waals surface area (Å²) in [5.74, 6) is 0.943. The summed E-state index contributed by atoms with van der Waals surface area (Å²) in [7, 11) is 0. The molecule has 2 fully saturated rings. The van der Waals surface area contributed by atoms with Gasteiger partial charge in [-0.1, -0.05) is 11.6 Å². The summed E-state index contributed by atoms with van der Waals surface area (Å²) in [4.78, 5) is 16.9. The molecule has 1 amide bonds. The molecule has 1 aromatic carbocycles. The van der Waals surface area contributed by atoms with Crippen LogP contribution < -0.4 is 5.32 Å². The molecule has 120 valence electrons. The summed E-state index contributed by atoms with van der Waals surface area (Å²) >= 11 is 5.88. The van der Waals surface area contributed by atoms with E-state index in [1.807, 2.05) is 17.0 Å². The highest BCUT2D eigenvalue weighted by atomic mass is 35.5. The van der Waals surface area contributed by atoms with Crippen molar-refractivity contribution in [2.75, 3.05) is 45.8 Å². The second-order valence-electron chi connectivity index (χ2n) is 6.29. The topological polar surface area (TPSA) is 35.6 Å². The van der Waals surface area contributed by atoms with Crippen molar-refractivity contribution in [3.05, 3.63) is 34.9 Å². The Balaban J connectivity index is 1.48. The average Bonchev–Trinajstić information content (AvgIpc) is 2.57. The summed E-state index contributed by atoms with van der Waals surface area (Å²) in [5.41, 5.74) is 0.733. The molecule has 2 aliphatic rings. The van der Waals surface area contributed by atoms with E-state index < -0.39 is 0 Å². The van der Waals surface area contributed by atoms with E-state index in [9.17, 15) is 4.79 Å². The van der Waals surface area contributed by atoms with E-state index in [1.165, 1.54) is 19.4 Å². The summed E-state index contributed by atoms with van der Waals surface area (Å²) in [6, 6.07) is 7.18. The lowest BCUT2D eigenvalue weighted by molar-refractivity contribution is 0.0608. The van der Waals surface area contributed by atoms with Gasteiger partial charge in [-0.05, 0) is 56.1 Å². The second-order valence-corrected chi connectivity index (χ2v) is 6.73. The fraction of sp³-hybridized carbons (Fsp3) is 0.588. The summed E-state index contributed by atoms with van der Waals surface area (Å²) < 4.78 is 0. The third-order valence-corrected chi connectivity index (χ3v) is 4.98. The summed E-state index contributed by atoms with van der Waals surface area (Å²) in [6.07, 6.45) is 2.56. The second kappa shape index (κ2) is 7.44. The van der Waals surface area contributed by atoms with Gasteiger partial charge >= 0.3 is 0 Å². The Bertz CT molecular complexity index is 491. The Morgan fingerprint density at radius 2 is 1.73 bits per heavy atom. The van der Waals surface area contributed by atoms with Crippen molar-refractivity contribution < 1.29 is 4.79 Å². The van der Waals surface area contributed by atoms with Gasteiger partial charge < -0.3 is 10.2 Å². The van der Waals surface area contributed by atoms with Crippen LogP contribution in [0.2, 0.25) is 5.02 Å². The molecule has 0 aromatic heterocycles. The van der Waals surface area contributed by atoms with Crippen LogP contribution in [-0.2, 0) is 0 Å². The van der Waals surface area contributed by atoms with E-state index in [1.54, 1.807) is 12.1 Å². The van der Waals surface area contributed by atoms with Gasteiger partial charge in [0.05, 0.1) is 0 Å². The molecule has 0 spiro atoms. The molecule has 3 rings (SSSR count). The highest BCUT2D eigenvalue weighted by Crippen LogP contribution is 2.16. The molecule has 0 saturated carbocycles. The molecule has 0 unspecified atom stereocenters. The van der Waals surface area contributed by atoms with Crippen LogP contribution in [0.25, 0.3) is 0 Å². The van der Waals surface area contributed by atoms with Gasteiger partial charge in [-0.25, -0.2) is 0 Å². The van der Waals surface area contributed by atoms with Crippen molar-refractivity contribution in [2.24, 2.45) is 5.92 Å². The maximum Gasteiger partial charge on any atom is 0.253 e. The number of piperazine rings is 1. The van der Waals surface area contributed by atoms with Crippen molar-refractivity contribution in [1.29, 1.82) is 0 Å². The number of amides is 1. The number of halogens is 1. The zero-order valence-corrected chi connectivity index (χ0v) is 13.7. The minimum atomic E-state index is 0.123. The van der Waals surface area contributed by atoms with Gasteiger partial charge in [0.1, 0.15) is 0 Å². The number of rotatable bonds is 3. The quantitative estimate of drug-likeness (QED) is 0.926. The number of benzene rings is 1. The van der Waals surface area contributed by atoms with Crippen molar-refractivity contribution in [1.82, 2.24) is 15.1 Å². The third kappa shape index (κ3) is 4.00. The molecule has 2 saturated heterocycles. The van der Waals surface area contributed by atoms with Crippen molar-refractivity contribution >= 4 is 17.5 Å². The van der Waals surface area contributed by atoms with Crippen LogP contribution in [0.3, 0.4) is 0 Å². The lowest BCUT2D eigenvalue weighted by Gasteiger charge is -2.37. The van der Waals surface area contributed by atoms with E-state index in [-0.39, 0.29) is 5.91 Å². The minimum Gasteiger partial charge on any atom is -0.336 e. The molecule has 0 bridgehead atoms. The lowest BCUT2D eigenvalue weighted by Crippen LogP contribution is -2.50. The SMILES string of the molecule is O=C(c1ccc(Cl)cc1)N1CCN(CC2CCNCC2)CC1. The third-order valence-electron chi connectivity index (χ3n) is 4.73. The zero-order chi connectivity index (χ0) is 15.4. The Kier molecular flexibility index (Phi) is 5.34. The van der Waals surface area contributed by atoms with Gasteiger partial charge in [0.25, 0.3) is 5.91 Å². The number of hydrogen-bond donors (Lipinski definition) is 1. The van der Waals surface area contributed by atoms with Crippen LogP contribution in [-0.4, -0.2) is 61.5 Å². The minimum absolute atomic E-state index is 0.123. The summed E-state index contributed by atoms with van der Waals surface area (Å²) in [6.45, 7) is 7.12. The molecule has 2 heterocycles. The molecular formula is C17H24ClN3O. The van der Waals surface area contributed by atoms with Gasteiger partial charge in [0, 0.05) is 43.3 Å². The average molecular weight is 322 g/mol. The molecule has 4 nitrogen and oxygen atoms in total. The maximum absolute atomic E-state index is 12.5. The first-order valence-corrected chi connectivity index (χ1v) is 8.58. The van der Waals surface area contributed by atoms with Crippen LogP contribution >= 0.6 is 11.6 Å². The highest BCUT2D eigenvalue weighted by molar-refractivity contribution is 6.30. The standard InChI is InChI=1S/C17H24ClN3O/c18-16-3-1-15(2-4-16)17(22)21-11-9-20(10-12-21)13-14-5-7-19-8-6-14/h1-4,14,19H,5-13H2. The van der Waals surface area contributed by atoms with Crippen molar-refractivity contribution in [3.63, 3.8) is 0 Å². The largest absolute Gasteiger partial charge is 0.336 e. The fourth-order valence-corrected chi connectivity index (χ4v) is 3.46. The Morgan fingerprint density at radius 3 is 2.36 bits per heavy atom. The molecule has 0 atom stereocenters. The number of nitrogens with zero attached hydrogens (tertiary/aromatic N) is 2. The van der Waals surface area contributed by atoms with Crippen LogP contribution in [0.5, 0.6) is 0 Å². The molecule has 0 radical (unpaired) electrons. The van der Waals surface area contributed by atoms with Crippen LogP contribution in [0.15, 0.2) is 24.3 Å². The Morgan fingerprint density at radius 1 is 1.09 bits per heavy atom. The van der Waals surface area contributed by atoms with E-state index in [2.05, 4.69) is 10.2 Å².